The molecule has 0 amide bonds. The molecule has 22 heavy (non-hydrogen) atoms. The second-order valence-corrected chi connectivity index (χ2v) is 4.38. The van der Waals surface area contributed by atoms with Gasteiger partial charge in [-0.15, -0.1) is 13.2 Å². The average molecular weight is 307 g/mol. The summed E-state index contributed by atoms with van der Waals surface area (Å²) in [5.41, 5.74) is 0. The number of ether oxygens (including phenoxy) is 2. The number of rotatable bonds is 10. The maximum absolute atomic E-state index is 11.5. The fourth-order valence-corrected chi connectivity index (χ4v) is 1.80. The van der Waals surface area contributed by atoms with Crippen molar-refractivity contribution in [3.8, 4) is 11.8 Å². The van der Waals surface area contributed by atoms with Crippen molar-refractivity contribution in [2.45, 2.75) is 32.7 Å². The predicted octanol–water partition coefficient (Wildman–Crippen LogP) is 1.94. The van der Waals surface area contributed by atoms with Gasteiger partial charge in [0.25, 0.3) is 0 Å². The summed E-state index contributed by atoms with van der Waals surface area (Å²) in [5.74, 6) is 4.49. The monoisotopic (exact) mass is 307 g/mol. The van der Waals surface area contributed by atoms with Crippen LogP contribution in [0.15, 0.2) is 25.3 Å². The van der Waals surface area contributed by atoms with Gasteiger partial charge in [0.1, 0.15) is 0 Å². The highest BCUT2D eigenvalue weighted by Crippen LogP contribution is 2.08. The topological polar surface area (TPSA) is 55.8 Å². The fraction of sp³-hybridized carbons (Fsp3) is 0.529. The molecule has 0 fully saturated rings. The molecule has 0 saturated carbocycles. The van der Waals surface area contributed by atoms with Gasteiger partial charge in [-0.3, -0.25) is 9.69 Å². The molecule has 0 spiro atoms. The van der Waals surface area contributed by atoms with E-state index in [-0.39, 0.29) is 25.0 Å². The molecule has 0 aromatic heterocycles. The van der Waals surface area contributed by atoms with E-state index in [1.54, 1.807) is 26.0 Å². The first-order valence-electron chi connectivity index (χ1n) is 7.38. The van der Waals surface area contributed by atoms with Crippen molar-refractivity contribution in [3.05, 3.63) is 25.3 Å². The molecule has 0 aliphatic heterocycles. The van der Waals surface area contributed by atoms with Gasteiger partial charge in [-0.05, 0) is 20.3 Å². The number of esters is 2. The van der Waals surface area contributed by atoms with Gasteiger partial charge in [-0.25, -0.2) is 4.79 Å². The Bertz CT molecular complexity index is 424. The van der Waals surface area contributed by atoms with Crippen LogP contribution < -0.4 is 0 Å². The molecule has 5 heteroatoms. The van der Waals surface area contributed by atoms with Crippen LogP contribution in [0, 0.1) is 11.8 Å². The van der Waals surface area contributed by atoms with Crippen LogP contribution in [0.3, 0.4) is 0 Å². The minimum absolute atomic E-state index is 0.237. The van der Waals surface area contributed by atoms with Gasteiger partial charge in [-0.1, -0.05) is 18.1 Å². The number of carbonyl (C=O) groups is 2. The Kier molecular flexibility index (Phi) is 11.5. The second-order valence-electron chi connectivity index (χ2n) is 4.38. The van der Waals surface area contributed by atoms with Crippen LogP contribution >= 0.6 is 0 Å². The molecule has 0 aliphatic rings. The summed E-state index contributed by atoms with van der Waals surface area (Å²) in [7, 11) is 0. The number of hydrogen-bond donors (Lipinski definition) is 0. The third-order valence-electron chi connectivity index (χ3n) is 2.71. The molecule has 0 N–H and O–H groups in total. The summed E-state index contributed by atoms with van der Waals surface area (Å²) < 4.78 is 9.71. The first-order valence-corrected chi connectivity index (χ1v) is 7.38. The van der Waals surface area contributed by atoms with E-state index in [1.807, 2.05) is 4.90 Å². The summed E-state index contributed by atoms with van der Waals surface area (Å²) in [6, 6.07) is -0.273. The lowest BCUT2D eigenvalue weighted by atomic mass is 10.1. The average Bonchev–Trinajstić information content (AvgIpc) is 2.48. The lowest BCUT2D eigenvalue weighted by molar-refractivity contribution is -0.143. The summed E-state index contributed by atoms with van der Waals surface area (Å²) in [6.45, 7) is 12.7. The molecule has 0 rings (SSSR count). The highest BCUT2D eigenvalue weighted by molar-refractivity contribution is 5.88. The van der Waals surface area contributed by atoms with E-state index in [0.29, 0.717) is 26.1 Å². The minimum atomic E-state index is -0.569. The number of nitrogens with zero attached hydrogens (tertiary/aromatic N) is 1. The molecule has 0 radical (unpaired) electrons. The SMILES string of the molecule is C=CCN(CC=C)[C@H](C#CC(=O)OCC)CCC(=O)OCC. The molecule has 0 heterocycles. The van der Waals surface area contributed by atoms with Gasteiger partial charge in [0.15, 0.2) is 0 Å². The Morgan fingerprint density at radius 3 is 2.23 bits per heavy atom. The van der Waals surface area contributed by atoms with Gasteiger partial charge >= 0.3 is 11.9 Å². The number of hydrogen-bond acceptors (Lipinski definition) is 5. The summed E-state index contributed by atoms with van der Waals surface area (Å²) in [5, 5.41) is 0. The van der Waals surface area contributed by atoms with E-state index < -0.39 is 5.97 Å². The zero-order valence-corrected chi connectivity index (χ0v) is 13.5. The highest BCUT2D eigenvalue weighted by Gasteiger charge is 2.16. The quantitative estimate of drug-likeness (QED) is 0.267. The van der Waals surface area contributed by atoms with Crippen molar-refractivity contribution in [1.82, 2.24) is 4.90 Å². The van der Waals surface area contributed by atoms with E-state index in [2.05, 4.69) is 25.0 Å². The normalized spacial score (nSPS) is 11.0. The van der Waals surface area contributed by atoms with Crippen LogP contribution in [0.1, 0.15) is 26.7 Å². The Morgan fingerprint density at radius 2 is 1.73 bits per heavy atom. The van der Waals surface area contributed by atoms with Crippen LogP contribution in [0.5, 0.6) is 0 Å². The Hall–Kier alpha value is -2.06. The van der Waals surface area contributed by atoms with E-state index in [0.717, 1.165) is 0 Å². The first kappa shape index (κ1) is 19.9. The van der Waals surface area contributed by atoms with Crippen molar-refractivity contribution in [2.75, 3.05) is 26.3 Å². The lowest BCUT2D eigenvalue weighted by Gasteiger charge is -2.25. The van der Waals surface area contributed by atoms with Crippen molar-refractivity contribution >= 4 is 11.9 Å². The predicted molar refractivity (Wildman–Crippen MR) is 86.0 cm³/mol. The van der Waals surface area contributed by atoms with Gasteiger partial charge in [0.2, 0.25) is 0 Å². The second kappa shape index (κ2) is 12.7. The summed E-state index contributed by atoms with van der Waals surface area (Å²) in [4.78, 5) is 24.9. The highest BCUT2D eigenvalue weighted by atomic mass is 16.5. The van der Waals surface area contributed by atoms with Gasteiger partial charge < -0.3 is 9.47 Å². The van der Waals surface area contributed by atoms with Crippen LogP contribution in [-0.4, -0.2) is 49.2 Å². The molecule has 0 saturated heterocycles. The van der Waals surface area contributed by atoms with Gasteiger partial charge in [0.05, 0.1) is 19.3 Å². The Labute approximate surface area is 133 Å². The standard InChI is InChI=1S/C17H25NO4/c1-5-13-18(14-6-2)15(9-11-16(19)21-7-3)10-12-17(20)22-8-4/h5-6,15H,1-2,7-9,11,13-14H2,3-4H3/t15-/m0/s1. The Balaban J connectivity index is 4.93. The smallest absolute Gasteiger partial charge is 0.384 e. The summed E-state index contributed by atoms with van der Waals surface area (Å²) in [6.07, 6.45) is 4.19. The summed E-state index contributed by atoms with van der Waals surface area (Å²) >= 11 is 0. The first-order chi connectivity index (χ1) is 10.6. The minimum Gasteiger partial charge on any atom is -0.466 e. The third kappa shape index (κ3) is 8.98. The lowest BCUT2D eigenvalue weighted by Crippen LogP contribution is -2.35. The molecular formula is C17H25NO4. The van der Waals surface area contributed by atoms with Crippen LogP contribution in [0.4, 0.5) is 0 Å². The third-order valence-corrected chi connectivity index (χ3v) is 2.71. The van der Waals surface area contributed by atoms with E-state index >= 15 is 0 Å². The molecule has 0 aromatic carbocycles. The van der Waals surface area contributed by atoms with Crippen LogP contribution in [-0.2, 0) is 19.1 Å². The van der Waals surface area contributed by atoms with Crippen LogP contribution in [0.25, 0.3) is 0 Å². The number of carbonyl (C=O) groups excluding carboxylic acids is 2. The zero-order valence-electron chi connectivity index (χ0n) is 13.5. The molecule has 5 nitrogen and oxygen atoms in total. The van der Waals surface area contributed by atoms with Crippen molar-refractivity contribution < 1.29 is 19.1 Å². The largest absolute Gasteiger partial charge is 0.466 e. The van der Waals surface area contributed by atoms with E-state index in [4.69, 9.17) is 9.47 Å². The zero-order chi connectivity index (χ0) is 16.8. The van der Waals surface area contributed by atoms with Gasteiger partial charge in [-0.2, -0.15) is 0 Å². The maximum atomic E-state index is 11.5. The maximum Gasteiger partial charge on any atom is 0.384 e. The van der Waals surface area contributed by atoms with Crippen molar-refractivity contribution in [2.24, 2.45) is 0 Å². The van der Waals surface area contributed by atoms with Crippen molar-refractivity contribution in [3.63, 3.8) is 0 Å². The van der Waals surface area contributed by atoms with E-state index in [9.17, 15) is 9.59 Å². The molecule has 0 aliphatic carbocycles. The fourth-order valence-electron chi connectivity index (χ4n) is 1.80. The molecular weight excluding hydrogens is 282 g/mol. The van der Waals surface area contributed by atoms with Gasteiger partial charge in [0, 0.05) is 25.4 Å². The molecule has 0 bridgehead atoms. The molecule has 0 aromatic rings. The molecule has 1 atom stereocenters. The van der Waals surface area contributed by atoms with Crippen molar-refractivity contribution in [1.29, 1.82) is 0 Å². The molecule has 122 valence electrons. The van der Waals surface area contributed by atoms with E-state index in [1.165, 1.54) is 0 Å². The van der Waals surface area contributed by atoms with Crippen LogP contribution in [0.2, 0.25) is 0 Å². The molecule has 0 unspecified atom stereocenters. The Morgan fingerprint density at radius 1 is 1.14 bits per heavy atom.